The molecule has 1 amide bonds. The minimum absolute atomic E-state index is 0. The molecular weight excluding hydrogens is 466 g/mol. The molecule has 0 aromatic heterocycles. The molecule has 148 valence electrons. The van der Waals surface area contributed by atoms with Gasteiger partial charge in [0.1, 0.15) is 5.82 Å². The van der Waals surface area contributed by atoms with Gasteiger partial charge in [0.15, 0.2) is 5.96 Å². The quantitative estimate of drug-likeness (QED) is 0.153. The minimum atomic E-state index is -0.211. The molecular formula is C18H30FIN4OS. The van der Waals surface area contributed by atoms with Crippen LogP contribution in [-0.2, 0) is 4.79 Å². The monoisotopic (exact) mass is 496 g/mol. The Labute approximate surface area is 177 Å². The summed E-state index contributed by atoms with van der Waals surface area (Å²) in [5.74, 6) is 1.48. The van der Waals surface area contributed by atoms with E-state index in [1.807, 2.05) is 20.8 Å². The second-order valence-corrected chi connectivity index (χ2v) is 6.98. The number of rotatable bonds is 10. The summed E-state index contributed by atoms with van der Waals surface area (Å²) < 4.78 is 12.8. The third-order valence-electron chi connectivity index (χ3n) is 3.09. The second-order valence-electron chi connectivity index (χ2n) is 5.82. The van der Waals surface area contributed by atoms with Crippen LogP contribution in [0, 0.1) is 5.82 Å². The van der Waals surface area contributed by atoms with E-state index >= 15 is 0 Å². The van der Waals surface area contributed by atoms with Gasteiger partial charge in [0.25, 0.3) is 0 Å². The van der Waals surface area contributed by atoms with Crippen molar-refractivity contribution < 1.29 is 9.18 Å². The summed E-state index contributed by atoms with van der Waals surface area (Å²) in [7, 11) is 0. The van der Waals surface area contributed by atoms with E-state index in [2.05, 4.69) is 20.9 Å². The third kappa shape index (κ3) is 12.3. The van der Waals surface area contributed by atoms with Gasteiger partial charge >= 0.3 is 0 Å². The Balaban J connectivity index is 0.00000625. The Morgan fingerprint density at radius 3 is 2.54 bits per heavy atom. The Hall–Kier alpha value is -1.03. The van der Waals surface area contributed by atoms with E-state index in [-0.39, 0.29) is 41.7 Å². The topological polar surface area (TPSA) is 65.5 Å². The number of aliphatic imine (C=N–C) groups is 1. The number of thioether (sulfide) groups is 1. The molecule has 1 rings (SSSR count). The maximum Gasteiger partial charge on any atom is 0.221 e. The Morgan fingerprint density at radius 2 is 1.92 bits per heavy atom. The first kappa shape index (κ1) is 25.0. The molecule has 0 fully saturated rings. The van der Waals surface area contributed by atoms with Gasteiger partial charge in [-0.3, -0.25) is 9.79 Å². The molecule has 0 saturated carbocycles. The highest BCUT2D eigenvalue weighted by molar-refractivity contribution is 14.0. The number of benzene rings is 1. The van der Waals surface area contributed by atoms with Crippen LogP contribution in [0.15, 0.2) is 34.2 Å². The number of carbonyl (C=O) groups excluding carboxylic acids is 1. The van der Waals surface area contributed by atoms with E-state index in [4.69, 9.17) is 0 Å². The number of nitrogens with one attached hydrogen (secondary N) is 3. The highest BCUT2D eigenvalue weighted by Crippen LogP contribution is 2.18. The van der Waals surface area contributed by atoms with Crippen LogP contribution in [0.3, 0.4) is 0 Å². The molecule has 3 N–H and O–H groups in total. The van der Waals surface area contributed by atoms with Crippen molar-refractivity contribution in [2.24, 2.45) is 4.99 Å². The molecule has 0 unspecified atom stereocenters. The van der Waals surface area contributed by atoms with Crippen LogP contribution in [-0.4, -0.2) is 43.3 Å². The van der Waals surface area contributed by atoms with Crippen molar-refractivity contribution in [2.75, 3.05) is 25.4 Å². The van der Waals surface area contributed by atoms with Gasteiger partial charge in [0, 0.05) is 37.0 Å². The molecule has 0 atom stereocenters. The molecule has 5 nitrogen and oxygen atoms in total. The van der Waals surface area contributed by atoms with Crippen molar-refractivity contribution in [1.29, 1.82) is 0 Å². The Morgan fingerprint density at radius 1 is 1.23 bits per heavy atom. The molecule has 0 spiro atoms. The summed E-state index contributed by atoms with van der Waals surface area (Å²) >= 11 is 1.69. The highest BCUT2D eigenvalue weighted by Gasteiger charge is 2.03. The summed E-state index contributed by atoms with van der Waals surface area (Å²) in [5, 5.41) is 9.20. The van der Waals surface area contributed by atoms with Crippen molar-refractivity contribution >= 4 is 47.6 Å². The maximum atomic E-state index is 12.8. The molecule has 8 heteroatoms. The van der Waals surface area contributed by atoms with E-state index in [1.54, 1.807) is 23.9 Å². The maximum absolute atomic E-state index is 12.8. The zero-order valence-electron chi connectivity index (χ0n) is 15.7. The Bertz CT molecular complexity index is 540. The smallest absolute Gasteiger partial charge is 0.221 e. The summed E-state index contributed by atoms with van der Waals surface area (Å²) in [4.78, 5) is 17.2. The average Bonchev–Trinajstić information content (AvgIpc) is 2.55. The summed E-state index contributed by atoms with van der Waals surface area (Å²) in [6.45, 7) is 7.92. The molecule has 0 radical (unpaired) electrons. The number of guanidine groups is 1. The summed E-state index contributed by atoms with van der Waals surface area (Å²) in [5.41, 5.74) is 0. The van der Waals surface area contributed by atoms with Gasteiger partial charge in [0.2, 0.25) is 5.91 Å². The molecule has 0 saturated heterocycles. The average molecular weight is 496 g/mol. The predicted molar refractivity (Wildman–Crippen MR) is 119 cm³/mol. The first-order chi connectivity index (χ1) is 12.0. The van der Waals surface area contributed by atoms with Gasteiger partial charge in [-0.2, -0.15) is 0 Å². The van der Waals surface area contributed by atoms with Gasteiger partial charge in [-0.25, -0.2) is 4.39 Å². The molecule has 0 bridgehead atoms. The number of halogens is 2. The van der Waals surface area contributed by atoms with Crippen LogP contribution in [0.25, 0.3) is 0 Å². The van der Waals surface area contributed by atoms with Crippen LogP contribution in [0.1, 0.15) is 33.6 Å². The minimum Gasteiger partial charge on any atom is -0.357 e. The first-order valence-corrected chi connectivity index (χ1v) is 9.69. The summed E-state index contributed by atoms with van der Waals surface area (Å²) in [6.07, 6.45) is 1.34. The first-order valence-electron chi connectivity index (χ1n) is 8.71. The molecule has 0 aliphatic heterocycles. The lowest BCUT2D eigenvalue weighted by Crippen LogP contribution is -2.40. The normalized spacial score (nSPS) is 11.0. The number of hydrogen-bond donors (Lipinski definition) is 3. The number of hydrogen-bond acceptors (Lipinski definition) is 3. The third-order valence-corrected chi connectivity index (χ3v) is 4.19. The van der Waals surface area contributed by atoms with Crippen molar-refractivity contribution in [3.63, 3.8) is 0 Å². The van der Waals surface area contributed by atoms with E-state index < -0.39 is 0 Å². The number of amides is 1. The largest absolute Gasteiger partial charge is 0.357 e. The fourth-order valence-electron chi connectivity index (χ4n) is 2.01. The molecule has 0 aliphatic rings. The second kappa shape index (κ2) is 15.1. The fourth-order valence-corrected chi connectivity index (χ4v) is 2.84. The zero-order chi connectivity index (χ0) is 18.5. The van der Waals surface area contributed by atoms with Crippen molar-refractivity contribution in [3.8, 4) is 0 Å². The van der Waals surface area contributed by atoms with Crippen LogP contribution in [0.2, 0.25) is 0 Å². The number of nitrogens with zero attached hydrogens (tertiary/aromatic N) is 1. The predicted octanol–water partition coefficient (Wildman–Crippen LogP) is 3.40. The van der Waals surface area contributed by atoms with E-state index in [1.165, 1.54) is 12.1 Å². The lowest BCUT2D eigenvalue weighted by Gasteiger charge is -2.12. The number of carbonyl (C=O) groups is 1. The highest BCUT2D eigenvalue weighted by atomic mass is 127. The van der Waals surface area contributed by atoms with E-state index in [9.17, 15) is 9.18 Å². The van der Waals surface area contributed by atoms with Crippen molar-refractivity contribution in [2.45, 2.75) is 44.6 Å². The lowest BCUT2D eigenvalue weighted by atomic mass is 10.3. The van der Waals surface area contributed by atoms with Gasteiger partial charge in [0.05, 0.1) is 0 Å². The van der Waals surface area contributed by atoms with Gasteiger partial charge < -0.3 is 16.0 Å². The van der Waals surface area contributed by atoms with E-state index in [0.717, 1.165) is 29.6 Å². The lowest BCUT2D eigenvalue weighted by molar-refractivity contribution is -0.121. The zero-order valence-corrected chi connectivity index (χ0v) is 18.8. The molecule has 0 aliphatic carbocycles. The van der Waals surface area contributed by atoms with Crippen LogP contribution in [0.4, 0.5) is 4.39 Å². The van der Waals surface area contributed by atoms with Crippen molar-refractivity contribution in [1.82, 2.24) is 16.0 Å². The van der Waals surface area contributed by atoms with Crippen LogP contribution in [0.5, 0.6) is 0 Å². The molecule has 0 heterocycles. The van der Waals surface area contributed by atoms with Crippen LogP contribution >= 0.6 is 35.7 Å². The summed E-state index contributed by atoms with van der Waals surface area (Å²) in [6, 6.07) is 6.69. The molecule has 1 aromatic carbocycles. The standard InChI is InChI=1S/C18H29FN4OS.HI/c1-4-20-18(22-12-10-17(24)23-14(2)3)21-11-5-13-25-16-8-6-15(19)7-9-16;/h6-9,14H,4-5,10-13H2,1-3H3,(H,23,24)(H2,20,21,22);1H. The fraction of sp³-hybridized carbons (Fsp3) is 0.556. The van der Waals surface area contributed by atoms with Gasteiger partial charge in [-0.05, 0) is 57.2 Å². The molecule has 26 heavy (non-hydrogen) atoms. The van der Waals surface area contributed by atoms with Gasteiger partial charge in [-0.15, -0.1) is 35.7 Å². The van der Waals surface area contributed by atoms with Crippen LogP contribution < -0.4 is 16.0 Å². The van der Waals surface area contributed by atoms with E-state index in [0.29, 0.717) is 19.5 Å². The molecule has 1 aromatic rings. The Kier molecular flexibility index (Phi) is 14.5. The van der Waals surface area contributed by atoms with Crippen molar-refractivity contribution in [3.05, 3.63) is 30.1 Å². The SMILES string of the molecule is CCNC(=NCCCSc1ccc(F)cc1)NCCC(=O)NC(C)C.I. The van der Waals surface area contributed by atoms with Gasteiger partial charge in [-0.1, -0.05) is 0 Å².